The van der Waals surface area contributed by atoms with Gasteiger partial charge in [0, 0.05) is 31.3 Å². The number of ether oxygens (including phenoxy) is 2. The van der Waals surface area contributed by atoms with Gasteiger partial charge in [-0.15, -0.1) is 22.7 Å². The van der Waals surface area contributed by atoms with Gasteiger partial charge in [-0.3, -0.25) is 19.2 Å². The lowest BCUT2D eigenvalue weighted by atomic mass is 9.80. The molecule has 2 aliphatic carbocycles. The van der Waals surface area contributed by atoms with Crippen LogP contribution >= 0.6 is 34.4 Å². The fourth-order valence-corrected chi connectivity index (χ4v) is 10.3. The van der Waals surface area contributed by atoms with E-state index in [4.69, 9.17) is 9.47 Å². The first-order valence-electron chi connectivity index (χ1n) is 16.4. The van der Waals surface area contributed by atoms with Crippen LogP contribution in [0.5, 0.6) is 11.5 Å². The first kappa shape index (κ1) is 33.0. The second kappa shape index (κ2) is 14.4. The SMILES string of the molecule is CCCc1ccc(-c2ccc(C3Nc4c(OC(=O)C5CCC(C(C)=O)CC5)ccc(OC(=O)C5CCC(C(C)=O)CC5)c4S3)s2)s1. The fourth-order valence-electron chi connectivity index (χ4n) is 6.74. The van der Waals surface area contributed by atoms with Crippen molar-refractivity contribution in [3.63, 3.8) is 0 Å². The van der Waals surface area contributed by atoms with E-state index in [1.807, 2.05) is 11.3 Å². The molecular formula is C36H41NO6S3. The van der Waals surface area contributed by atoms with Gasteiger partial charge in [0.25, 0.3) is 0 Å². The van der Waals surface area contributed by atoms with Crippen molar-refractivity contribution in [2.45, 2.75) is 95.2 Å². The van der Waals surface area contributed by atoms with Crippen molar-refractivity contribution in [3.05, 3.63) is 46.2 Å². The number of rotatable bonds is 10. The second-order valence-corrected chi connectivity index (χ2v) is 16.2. The van der Waals surface area contributed by atoms with Crippen LogP contribution in [0.25, 0.3) is 9.75 Å². The summed E-state index contributed by atoms with van der Waals surface area (Å²) in [4.78, 5) is 56.0. The number of thiophene rings is 2. The number of nitrogens with one attached hydrogen (secondary N) is 1. The van der Waals surface area contributed by atoms with E-state index in [1.54, 1.807) is 49.1 Å². The van der Waals surface area contributed by atoms with Gasteiger partial charge in [-0.1, -0.05) is 25.1 Å². The predicted octanol–water partition coefficient (Wildman–Crippen LogP) is 9.25. The maximum absolute atomic E-state index is 13.3. The van der Waals surface area contributed by atoms with Gasteiger partial charge < -0.3 is 14.8 Å². The van der Waals surface area contributed by atoms with Crippen LogP contribution in [0.2, 0.25) is 0 Å². The molecule has 7 nitrogen and oxygen atoms in total. The number of carbonyl (C=O) groups excluding carboxylic acids is 4. The van der Waals surface area contributed by atoms with E-state index in [9.17, 15) is 19.2 Å². The van der Waals surface area contributed by atoms with Crippen molar-refractivity contribution >= 4 is 63.6 Å². The van der Waals surface area contributed by atoms with E-state index >= 15 is 0 Å². The van der Waals surface area contributed by atoms with Crippen molar-refractivity contribution < 1.29 is 28.7 Å². The Labute approximate surface area is 282 Å². The minimum absolute atomic E-state index is 0.0294. The Bertz CT molecular complexity index is 1530. The molecule has 6 rings (SSSR count). The molecule has 46 heavy (non-hydrogen) atoms. The summed E-state index contributed by atoms with van der Waals surface area (Å²) in [5, 5.41) is 3.44. The van der Waals surface area contributed by atoms with E-state index < -0.39 is 0 Å². The first-order valence-corrected chi connectivity index (χ1v) is 18.9. The number of anilines is 1. The van der Waals surface area contributed by atoms with Crippen LogP contribution in [-0.4, -0.2) is 23.5 Å². The third-order valence-electron chi connectivity index (χ3n) is 9.57. The normalized spacial score (nSPS) is 24.1. The quantitative estimate of drug-likeness (QED) is 0.167. The number of Topliss-reactive ketones (excluding diaryl/α,β-unsaturated/α-hetero) is 2. The Morgan fingerprint density at radius 3 is 1.80 bits per heavy atom. The molecule has 0 radical (unpaired) electrons. The first-order chi connectivity index (χ1) is 22.2. The number of carbonyl (C=O) groups is 4. The predicted molar refractivity (Wildman–Crippen MR) is 184 cm³/mol. The molecule has 1 aromatic carbocycles. The molecule has 3 aliphatic rings. The molecular weight excluding hydrogens is 639 g/mol. The monoisotopic (exact) mass is 679 g/mol. The maximum atomic E-state index is 13.3. The number of thioether (sulfide) groups is 1. The van der Waals surface area contributed by atoms with Crippen LogP contribution < -0.4 is 14.8 Å². The highest BCUT2D eigenvalue weighted by Crippen LogP contribution is 2.56. The Hall–Kier alpha value is -2.95. The zero-order valence-electron chi connectivity index (χ0n) is 26.6. The molecule has 1 unspecified atom stereocenters. The Kier molecular flexibility index (Phi) is 10.3. The zero-order valence-corrected chi connectivity index (χ0v) is 29.0. The fraction of sp³-hybridized carbons (Fsp3) is 0.500. The summed E-state index contributed by atoms with van der Waals surface area (Å²) in [6.07, 6.45) is 7.58. The van der Waals surface area contributed by atoms with Crippen molar-refractivity contribution in [1.29, 1.82) is 0 Å². The third kappa shape index (κ3) is 7.29. The van der Waals surface area contributed by atoms with Crippen LogP contribution in [0.1, 0.15) is 93.7 Å². The molecule has 1 aliphatic heterocycles. The summed E-state index contributed by atoms with van der Waals surface area (Å²) in [6, 6.07) is 12.1. The number of aryl methyl sites for hydroxylation is 1. The van der Waals surface area contributed by atoms with Crippen molar-refractivity contribution in [3.8, 4) is 21.3 Å². The lowest BCUT2D eigenvalue weighted by Crippen LogP contribution is -2.28. The number of fused-ring (bicyclic) bond motifs is 1. The van der Waals surface area contributed by atoms with Crippen LogP contribution in [0, 0.1) is 23.7 Å². The molecule has 0 saturated heterocycles. The molecule has 0 spiro atoms. The molecule has 3 heterocycles. The molecule has 3 aromatic rings. The standard InChI is InChI=1S/C36H41NO6S3/c1-4-5-26-14-17-29(44-26)30-18-19-31(45-30)34-37-32-27(42-35(40)24-10-6-22(7-11-24)20(2)38)15-16-28(33(32)46-34)43-36(41)25-12-8-23(9-13-25)21(3)39/h14-19,22-25,34,37H,4-13H2,1-3H3. The third-order valence-corrected chi connectivity index (χ3v) is 13.5. The highest BCUT2D eigenvalue weighted by atomic mass is 32.2. The minimum atomic E-state index is -0.287. The Morgan fingerprint density at radius 2 is 1.22 bits per heavy atom. The van der Waals surface area contributed by atoms with E-state index in [0.29, 0.717) is 68.6 Å². The van der Waals surface area contributed by atoms with E-state index in [1.165, 1.54) is 14.6 Å². The summed E-state index contributed by atoms with van der Waals surface area (Å²) in [5.74, 6) is 0.252. The van der Waals surface area contributed by atoms with Crippen molar-refractivity contribution in [2.24, 2.45) is 23.7 Å². The number of hydrogen-bond acceptors (Lipinski definition) is 10. The number of esters is 2. The van der Waals surface area contributed by atoms with Crippen molar-refractivity contribution in [2.75, 3.05) is 5.32 Å². The van der Waals surface area contributed by atoms with E-state index in [0.717, 1.165) is 22.6 Å². The van der Waals surface area contributed by atoms with Gasteiger partial charge in [-0.25, -0.2) is 0 Å². The van der Waals surface area contributed by atoms with Crippen LogP contribution in [0.15, 0.2) is 41.3 Å². The van der Waals surface area contributed by atoms with Gasteiger partial charge in [0.1, 0.15) is 22.7 Å². The van der Waals surface area contributed by atoms with Gasteiger partial charge in [-0.2, -0.15) is 0 Å². The summed E-state index contributed by atoms with van der Waals surface area (Å²) >= 11 is 5.13. The minimum Gasteiger partial charge on any atom is -0.425 e. The molecule has 2 saturated carbocycles. The molecule has 0 bridgehead atoms. The smallest absolute Gasteiger partial charge is 0.314 e. The van der Waals surface area contributed by atoms with Crippen LogP contribution in [0.3, 0.4) is 0 Å². The molecule has 1 N–H and O–H groups in total. The number of benzene rings is 1. The summed E-state index contributed by atoms with van der Waals surface area (Å²) < 4.78 is 12.1. The highest BCUT2D eigenvalue weighted by molar-refractivity contribution is 8.00. The molecule has 244 valence electrons. The Balaban J connectivity index is 1.21. The lowest BCUT2D eigenvalue weighted by Gasteiger charge is -2.26. The molecule has 1 atom stereocenters. The summed E-state index contributed by atoms with van der Waals surface area (Å²) in [7, 11) is 0. The topological polar surface area (TPSA) is 98.8 Å². The molecule has 2 fully saturated rings. The average Bonchev–Trinajstić information content (AvgIpc) is 3.82. The average molecular weight is 680 g/mol. The van der Waals surface area contributed by atoms with Crippen LogP contribution in [0.4, 0.5) is 5.69 Å². The zero-order chi connectivity index (χ0) is 32.4. The van der Waals surface area contributed by atoms with E-state index in [2.05, 4.69) is 36.5 Å². The number of ketones is 2. The van der Waals surface area contributed by atoms with Gasteiger partial charge in [0.15, 0.2) is 5.75 Å². The summed E-state index contributed by atoms with van der Waals surface area (Å²) in [5.41, 5.74) is 0.655. The van der Waals surface area contributed by atoms with Crippen LogP contribution in [-0.2, 0) is 25.6 Å². The van der Waals surface area contributed by atoms with Gasteiger partial charge in [0.2, 0.25) is 0 Å². The number of hydrogen-bond donors (Lipinski definition) is 1. The van der Waals surface area contributed by atoms with Gasteiger partial charge in [-0.05, 0) is 108 Å². The Morgan fingerprint density at radius 1 is 0.696 bits per heavy atom. The van der Waals surface area contributed by atoms with E-state index in [-0.39, 0.29) is 52.6 Å². The summed E-state index contributed by atoms with van der Waals surface area (Å²) in [6.45, 7) is 5.44. The molecule has 0 amide bonds. The largest absolute Gasteiger partial charge is 0.425 e. The maximum Gasteiger partial charge on any atom is 0.314 e. The van der Waals surface area contributed by atoms with Crippen molar-refractivity contribution in [1.82, 2.24) is 0 Å². The lowest BCUT2D eigenvalue weighted by molar-refractivity contribution is -0.142. The van der Waals surface area contributed by atoms with Gasteiger partial charge >= 0.3 is 11.9 Å². The highest BCUT2D eigenvalue weighted by Gasteiger charge is 2.36. The molecule has 2 aromatic heterocycles. The second-order valence-electron chi connectivity index (χ2n) is 12.8. The molecule has 10 heteroatoms. The van der Waals surface area contributed by atoms with Gasteiger partial charge in [0.05, 0.1) is 22.4 Å².